The van der Waals surface area contributed by atoms with Crippen LogP contribution in [0.4, 0.5) is 5.82 Å². The summed E-state index contributed by atoms with van der Waals surface area (Å²) in [6.07, 6.45) is 2.76. The first-order chi connectivity index (χ1) is 13.7. The second kappa shape index (κ2) is 5.82. The highest BCUT2D eigenvalue weighted by atomic mass is 35.5. The number of hydrogen-bond acceptors (Lipinski definition) is 4. The summed E-state index contributed by atoms with van der Waals surface area (Å²) in [5, 5.41) is 1.71. The molecule has 2 aliphatic rings. The lowest BCUT2D eigenvalue weighted by Crippen LogP contribution is -2.47. The Kier molecular flexibility index (Phi) is 3.35. The van der Waals surface area contributed by atoms with Crippen molar-refractivity contribution in [3.05, 3.63) is 63.8 Å². The normalized spacial score (nSPS) is 21.2. The maximum atomic E-state index is 12.3. The average molecular weight is 392 g/mol. The molecule has 1 fully saturated rings. The quantitative estimate of drug-likeness (QED) is 0.539. The highest BCUT2D eigenvalue weighted by Crippen LogP contribution is 2.38. The van der Waals surface area contributed by atoms with Crippen LogP contribution in [0.2, 0.25) is 5.02 Å². The van der Waals surface area contributed by atoms with Crippen LogP contribution in [-0.2, 0) is 6.54 Å². The molecule has 1 N–H and O–H groups in total. The summed E-state index contributed by atoms with van der Waals surface area (Å²) in [4.78, 5) is 27.2. The predicted octanol–water partition coefficient (Wildman–Crippen LogP) is 3.55. The van der Waals surface area contributed by atoms with Crippen LogP contribution in [-0.4, -0.2) is 32.6 Å². The largest absolute Gasteiger partial charge is 0.354 e. The zero-order valence-electron chi connectivity index (χ0n) is 15.1. The summed E-state index contributed by atoms with van der Waals surface area (Å²) >= 11 is 6.19. The lowest BCUT2D eigenvalue weighted by Gasteiger charge is -2.43. The molecule has 6 rings (SSSR count). The first-order valence-corrected chi connectivity index (χ1v) is 9.92. The number of piperidine rings is 1. The van der Waals surface area contributed by atoms with Crippen LogP contribution in [0.25, 0.3) is 21.9 Å². The molecule has 0 unspecified atom stereocenters. The average Bonchev–Trinajstić information content (AvgIpc) is 3.07. The smallest absolute Gasteiger partial charge is 0.250 e. The summed E-state index contributed by atoms with van der Waals surface area (Å²) in [7, 11) is 0. The van der Waals surface area contributed by atoms with E-state index in [1.807, 2.05) is 28.8 Å². The third-order valence-electron chi connectivity index (χ3n) is 6.10. The van der Waals surface area contributed by atoms with Gasteiger partial charge in [0.15, 0.2) is 5.82 Å². The number of aromatic amines is 1. The highest BCUT2D eigenvalue weighted by Gasteiger charge is 2.35. The molecule has 7 heteroatoms. The number of halogens is 1. The SMILES string of the molecule is O=c1cccc2n1C[C@H]1C[C@H]2CN(c2ncnc3c2[nH]c2ccc(Cl)cc23)C1. The Morgan fingerprint density at radius 1 is 1.11 bits per heavy atom. The van der Waals surface area contributed by atoms with E-state index in [0.29, 0.717) is 16.9 Å². The second-order valence-electron chi connectivity index (χ2n) is 7.84. The summed E-state index contributed by atoms with van der Waals surface area (Å²) in [6, 6.07) is 11.4. The third-order valence-corrected chi connectivity index (χ3v) is 6.34. The van der Waals surface area contributed by atoms with Gasteiger partial charge in [0.1, 0.15) is 17.4 Å². The summed E-state index contributed by atoms with van der Waals surface area (Å²) < 4.78 is 1.96. The van der Waals surface area contributed by atoms with Gasteiger partial charge in [-0.25, -0.2) is 9.97 Å². The Morgan fingerprint density at radius 3 is 2.96 bits per heavy atom. The van der Waals surface area contributed by atoms with Gasteiger partial charge < -0.3 is 14.5 Å². The first kappa shape index (κ1) is 16.1. The van der Waals surface area contributed by atoms with Crippen LogP contribution >= 0.6 is 11.6 Å². The fraction of sp³-hybridized carbons (Fsp3) is 0.286. The standard InChI is InChI=1S/C21H18ClN5O/c22-14-4-5-16-15(7-14)19-20(25-16)21(24-11-23-19)26-8-12-6-13(10-26)17-2-1-3-18(28)27(17)9-12/h1-5,7,11-13,25H,6,8-10H2/t12-,13-/m0/s1. The fourth-order valence-electron chi connectivity index (χ4n) is 4.96. The predicted molar refractivity (Wildman–Crippen MR) is 110 cm³/mol. The number of hydrogen-bond donors (Lipinski definition) is 1. The molecular formula is C21H18ClN5O. The van der Waals surface area contributed by atoms with Crippen LogP contribution in [0.1, 0.15) is 18.0 Å². The Hall–Kier alpha value is -2.86. The molecule has 0 spiro atoms. The Balaban J connectivity index is 1.47. The van der Waals surface area contributed by atoms with Crippen molar-refractivity contribution in [2.45, 2.75) is 18.9 Å². The molecule has 5 heterocycles. The number of benzene rings is 1. The minimum Gasteiger partial charge on any atom is -0.354 e. The summed E-state index contributed by atoms with van der Waals surface area (Å²) in [5.74, 6) is 1.71. The van der Waals surface area contributed by atoms with Gasteiger partial charge in [-0.15, -0.1) is 0 Å². The van der Waals surface area contributed by atoms with E-state index in [-0.39, 0.29) is 5.56 Å². The molecule has 2 atom stereocenters. The molecule has 1 saturated heterocycles. The third kappa shape index (κ3) is 2.31. The number of nitrogens with one attached hydrogen (secondary N) is 1. The van der Waals surface area contributed by atoms with Crippen LogP contribution in [0.3, 0.4) is 0 Å². The van der Waals surface area contributed by atoms with Crippen molar-refractivity contribution in [1.29, 1.82) is 0 Å². The maximum absolute atomic E-state index is 12.3. The zero-order valence-corrected chi connectivity index (χ0v) is 15.9. The van der Waals surface area contributed by atoms with Gasteiger partial charge in [0, 0.05) is 53.2 Å². The molecule has 0 radical (unpaired) electrons. The molecule has 2 aliphatic heterocycles. The molecule has 0 amide bonds. The molecule has 0 saturated carbocycles. The first-order valence-electron chi connectivity index (χ1n) is 9.54. The molecule has 6 nitrogen and oxygen atoms in total. The van der Waals surface area contributed by atoms with E-state index in [1.165, 1.54) is 0 Å². The van der Waals surface area contributed by atoms with Gasteiger partial charge in [-0.2, -0.15) is 0 Å². The molecule has 1 aromatic carbocycles. The monoisotopic (exact) mass is 391 g/mol. The van der Waals surface area contributed by atoms with E-state index in [2.05, 4.69) is 25.9 Å². The van der Waals surface area contributed by atoms with Crippen molar-refractivity contribution < 1.29 is 0 Å². The lowest BCUT2D eigenvalue weighted by atomic mass is 9.83. The zero-order chi connectivity index (χ0) is 18.8. The lowest BCUT2D eigenvalue weighted by molar-refractivity contribution is 0.281. The molecule has 140 valence electrons. The molecular weight excluding hydrogens is 374 g/mol. The van der Waals surface area contributed by atoms with E-state index in [9.17, 15) is 4.79 Å². The number of fused-ring (bicyclic) bond motifs is 7. The second-order valence-corrected chi connectivity index (χ2v) is 8.28. The fourth-order valence-corrected chi connectivity index (χ4v) is 5.13. The number of H-pyrrole nitrogens is 1. The Morgan fingerprint density at radius 2 is 2.04 bits per heavy atom. The highest BCUT2D eigenvalue weighted by molar-refractivity contribution is 6.31. The minimum absolute atomic E-state index is 0.109. The van der Waals surface area contributed by atoms with Crippen LogP contribution in [0, 0.1) is 5.92 Å². The molecule has 0 aliphatic carbocycles. The van der Waals surface area contributed by atoms with Crippen molar-refractivity contribution in [1.82, 2.24) is 19.5 Å². The van der Waals surface area contributed by atoms with Gasteiger partial charge in [0.25, 0.3) is 5.56 Å². The number of pyridine rings is 1. The van der Waals surface area contributed by atoms with E-state index >= 15 is 0 Å². The maximum Gasteiger partial charge on any atom is 0.250 e. The van der Waals surface area contributed by atoms with Crippen molar-refractivity contribution in [2.75, 3.05) is 18.0 Å². The van der Waals surface area contributed by atoms with Gasteiger partial charge >= 0.3 is 0 Å². The molecule has 28 heavy (non-hydrogen) atoms. The van der Waals surface area contributed by atoms with Gasteiger partial charge in [-0.1, -0.05) is 17.7 Å². The number of aromatic nitrogens is 4. The topological polar surface area (TPSA) is 66.8 Å². The van der Waals surface area contributed by atoms with E-state index < -0.39 is 0 Å². The van der Waals surface area contributed by atoms with Gasteiger partial charge in [0.05, 0.1) is 0 Å². The van der Waals surface area contributed by atoms with Crippen LogP contribution < -0.4 is 10.5 Å². The number of anilines is 1. The molecule has 2 bridgehead atoms. The van der Waals surface area contributed by atoms with E-state index in [4.69, 9.17) is 11.6 Å². The van der Waals surface area contributed by atoms with Gasteiger partial charge in [-0.3, -0.25) is 4.79 Å². The van der Waals surface area contributed by atoms with E-state index in [1.54, 1.807) is 12.4 Å². The van der Waals surface area contributed by atoms with Gasteiger partial charge in [-0.05, 0) is 36.6 Å². The van der Waals surface area contributed by atoms with Crippen LogP contribution in [0.15, 0.2) is 47.5 Å². The van der Waals surface area contributed by atoms with Crippen LogP contribution in [0.5, 0.6) is 0 Å². The minimum atomic E-state index is 0.109. The summed E-state index contributed by atoms with van der Waals surface area (Å²) in [5.41, 5.74) is 4.11. The van der Waals surface area contributed by atoms with Crippen molar-refractivity contribution in [2.24, 2.45) is 5.92 Å². The van der Waals surface area contributed by atoms with E-state index in [0.717, 1.165) is 59.5 Å². The Bertz CT molecular complexity index is 1290. The van der Waals surface area contributed by atoms with Crippen molar-refractivity contribution in [3.8, 4) is 0 Å². The van der Waals surface area contributed by atoms with Crippen molar-refractivity contribution >= 4 is 39.4 Å². The number of rotatable bonds is 1. The Labute approximate surface area is 165 Å². The molecule has 4 aromatic rings. The van der Waals surface area contributed by atoms with Crippen molar-refractivity contribution in [3.63, 3.8) is 0 Å². The number of nitrogens with zero attached hydrogens (tertiary/aromatic N) is 4. The molecule has 3 aromatic heterocycles. The van der Waals surface area contributed by atoms with Gasteiger partial charge in [0.2, 0.25) is 0 Å². The summed E-state index contributed by atoms with van der Waals surface area (Å²) in [6.45, 7) is 2.51.